The third kappa shape index (κ3) is 4.04. The zero-order valence-corrected chi connectivity index (χ0v) is 11.5. The van der Waals surface area contributed by atoms with Crippen LogP contribution in [0, 0.1) is 6.92 Å². The van der Waals surface area contributed by atoms with Crippen LogP contribution in [0.5, 0.6) is 5.75 Å². The number of ether oxygens (including phenoxy) is 1. The molecule has 21 heavy (non-hydrogen) atoms. The molecule has 0 aliphatic heterocycles. The Bertz CT molecular complexity index is 671. The Labute approximate surface area is 121 Å². The lowest BCUT2D eigenvalue weighted by molar-refractivity contribution is -0.118. The third-order valence-corrected chi connectivity index (χ3v) is 2.76. The molecule has 0 saturated carbocycles. The van der Waals surface area contributed by atoms with E-state index in [-0.39, 0.29) is 12.5 Å². The van der Waals surface area contributed by atoms with E-state index in [4.69, 9.17) is 10.5 Å². The van der Waals surface area contributed by atoms with Crippen molar-refractivity contribution in [1.29, 1.82) is 0 Å². The number of carbonyl (C=O) groups is 2. The molecule has 0 bridgehead atoms. The van der Waals surface area contributed by atoms with Gasteiger partial charge in [-0.05, 0) is 36.8 Å². The van der Waals surface area contributed by atoms with Crippen LogP contribution in [0.1, 0.15) is 15.9 Å². The average Bonchev–Trinajstić information content (AvgIpc) is 2.48. The molecular weight excluding hydrogens is 270 g/mol. The van der Waals surface area contributed by atoms with Crippen molar-refractivity contribution in [1.82, 2.24) is 4.98 Å². The van der Waals surface area contributed by atoms with E-state index in [1.54, 1.807) is 30.5 Å². The smallest absolute Gasteiger partial charge is 0.263 e. The number of nitrogens with two attached hydrogens (primary N) is 1. The SMILES string of the molecule is Cc1cccnc1NC(=O)COc1cccc(C(N)=O)c1. The second-order valence-electron chi connectivity index (χ2n) is 4.40. The van der Waals surface area contributed by atoms with Crippen LogP contribution in [0.15, 0.2) is 42.6 Å². The molecule has 0 fully saturated rings. The van der Waals surface area contributed by atoms with Gasteiger partial charge in [0.2, 0.25) is 5.91 Å². The van der Waals surface area contributed by atoms with Crippen LogP contribution in [0.25, 0.3) is 0 Å². The number of carbonyl (C=O) groups excluding carboxylic acids is 2. The highest BCUT2D eigenvalue weighted by Gasteiger charge is 2.07. The first-order valence-electron chi connectivity index (χ1n) is 6.30. The van der Waals surface area contributed by atoms with E-state index in [1.165, 1.54) is 6.07 Å². The van der Waals surface area contributed by atoms with E-state index in [0.29, 0.717) is 17.1 Å². The summed E-state index contributed by atoms with van der Waals surface area (Å²) in [5.74, 6) is 0.0199. The third-order valence-electron chi connectivity index (χ3n) is 2.76. The van der Waals surface area contributed by atoms with E-state index in [0.717, 1.165) is 5.56 Å². The predicted octanol–water partition coefficient (Wildman–Crippen LogP) is 1.51. The van der Waals surface area contributed by atoms with Crippen molar-refractivity contribution >= 4 is 17.6 Å². The van der Waals surface area contributed by atoms with Crippen LogP contribution in [0.4, 0.5) is 5.82 Å². The van der Waals surface area contributed by atoms with Crippen molar-refractivity contribution in [3.8, 4) is 5.75 Å². The molecule has 0 aliphatic carbocycles. The molecule has 2 aromatic rings. The van der Waals surface area contributed by atoms with Gasteiger partial charge in [-0.1, -0.05) is 12.1 Å². The van der Waals surface area contributed by atoms with Gasteiger partial charge >= 0.3 is 0 Å². The minimum absolute atomic E-state index is 0.182. The van der Waals surface area contributed by atoms with Crippen molar-refractivity contribution in [3.63, 3.8) is 0 Å². The molecule has 0 radical (unpaired) electrons. The fourth-order valence-corrected chi connectivity index (χ4v) is 1.67. The Balaban J connectivity index is 1.94. The van der Waals surface area contributed by atoms with Gasteiger partial charge in [-0.2, -0.15) is 0 Å². The second kappa shape index (κ2) is 6.51. The molecular formula is C15H15N3O3. The highest BCUT2D eigenvalue weighted by molar-refractivity contribution is 5.93. The summed E-state index contributed by atoms with van der Waals surface area (Å²) in [6.45, 7) is 1.66. The van der Waals surface area contributed by atoms with Crippen molar-refractivity contribution in [2.45, 2.75) is 6.92 Å². The molecule has 108 valence electrons. The summed E-state index contributed by atoms with van der Waals surface area (Å²) in [4.78, 5) is 26.9. The van der Waals surface area contributed by atoms with Crippen LogP contribution < -0.4 is 15.8 Å². The number of primary amides is 1. The van der Waals surface area contributed by atoms with E-state index < -0.39 is 5.91 Å². The molecule has 0 saturated heterocycles. The number of pyridine rings is 1. The molecule has 2 rings (SSSR count). The summed E-state index contributed by atoms with van der Waals surface area (Å²) < 4.78 is 5.32. The molecule has 1 aromatic carbocycles. The topological polar surface area (TPSA) is 94.3 Å². The van der Waals surface area contributed by atoms with Crippen LogP contribution in [0.3, 0.4) is 0 Å². The van der Waals surface area contributed by atoms with E-state index >= 15 is 0 Å². The number of rotatable bonds is 5. The molecule has 3 N–H and O–H groups in total. The highest BCUT2D eigenvalue weighted by atomic mass is 16.5. The summed E-state index contributed by atoms with van der Waals surface area (Å²) >= 11 is 0. The average molecular weight is 285 g/mol. The summed E-state index contributed by atoms with van der Waals surface area (Å²) in [5, 5.41) is 2.65. The van der Waals surface area contributed by atoms with Crippen molar-refractivity contribution in [3.05, 3.63) is 53.7 Å². The number of aromatic nitrogens is 1. The molecule has 0 aliphatic rings. The van der Waals surface area contributed by atoms with E-state index in [2.05, 4.69) is 10.3 Å². The number of amides is 2. The first kappa shape index (κ1) is 14.5. The normalized spacial score (nSPS) is 9.95. The Morgan fingerprint density at radius 2 is 2.10 bits per heavy atom. The minimum atomic E-state index is -0.547. The fourth-order valence-electron chi connectivity index (χ4n) is 1.67. The molecule has 6 nitrogen and oxygen atoms in total. The summed E-state index contributed by atoms with van der Waals surface area (Å²) in [6.07, 6.45) is 1.60. The lowest BCUT2D eigenvalue weighted by Gasteiger charge is -2.09. The monoisotopic (exact) mass is 285 g/mol. The van der Waals surface area contributed by atoms with Crippen LogP contribution in [-0.4, -0.2) is 23.4 Å². The van der Waals surface area contributed by atoms with Gasteiger partial charge in [0.25, 0.3) is 5.91 Å². The summed E-state index contributed by atoms with van der Waals surface area (Å²) in [6, 6.07) is 9.98. The van der Waals surface area contributed by atoms with Gasteiger partial charge in [0, 0.05) is 11.8 Å². The zero-order chi connectivity index (χ0) is 15.2. The Hall–Kier alpha value is -2.89. The van der Waals surface area contributed by atoms with Gasteiger partial charge in [0.05, 0.1) is 0 Å². The molecule has 2 amide bonds. The molecule has 0 unspecified atom stereocenters. The van der Waals surface area contributed by atoms with E-state index in [9.17, 15) is 9.59 Å². The van der Waals surface area contributed by atoms with Gasteiger partial charge < -0.3 is 15.8 Å². The number of aryl methyl sites for hydroxylation is 1. The number of nitrogens with one attached hydrogen (secondary N) is 1. The Morgan fingerprint density at radius 3 is 2.81 bits per heavy atom. The first-order chi connectivity index (χ1) is 10.1. The Kier molecular flexibility index (Phi) is 4.50. The fraction of sp³-hybridized carbons (Fsp3) is 0.133. The minimum Gasteiger partial charge on any atom is -0.484 e. The quantitative estimate of drug-likeness (QED) is 0.870. The lowest BCUT2D eigenvalue weighted by Crippen LogP contribution is -2.21. The van der Waals surface area contributed by atoms with Gasteiger partial charge in [-0.3, -0.25) is 9.59 Å². The largest absolute Gasteiger partial charge is 0.484 e. The number of anilines is 1. The standard InChI is InChI=1S/C15H15N3O3/c1-10-4-3-7-17-15(10)18-13(19)9-21-12-6-2-5-11(8-12)14(16)20/h2-8H,9H2,1H3,(H2,16,20)(H,17,18,19). The highest BCUT2D eigenvalue weighted by Crippen LogP contribution is 2.13. The van der Waals surface area contributed by atoms with Gasteiger partial charge in [0.15, 0.2) is 6.61 Å². The maximum atomic E-state index is 11.8. The number of hydrogen-bond donors (Lipinski definition) is 2. The summed E-state index contributed by atoms with van der Waals surface area (Å²) in [5.41, 5.74) is 6.37. The maximum absolute atomic E-state index is 11.8. The summed E-state index contributed by atoms with van der Waals surface area (Å²) in [7, 11) is 0. The number of hydrogen-bond acceptors (Lipinski definition) is 4. The van der Waals surface area contributed by atoms with Crippen molar-refractivity contribution in [2.24, 2.45) is 5.73 Å². The number of nitrogens with zero attached hydrogens (tertiary/aromatic N) is 1. The second-order valence-corrected chi connectivity index (χ2v) is 4.40. The first-order valence-corrected chi connectivity index (χ1v) is 6.30. The Morgan fingerprint density at radius 1 is 1.29 bits per heavy atom. The van der Waals surface area contributed by atoms with Crippen molar-refractivity contribution in [2.75, 3.05) is 11.9 Å². The van der Waals surface area contributed by atoms with E-state index in [1.807, 2.05) is 13.0 Å². The van der Waals surface area contributed by atoms with Crippen LogP contribution in [-0.2, 0) is 4.79 Å². The van der Waals surface area contributed by atoms with Crippen LogP contribution in [0.2, 0.25) is 0 Å². The molecule has 0 atom stereocenters. The van der Waals surface area contributed by atoms with Gasteiger partial charge in [-0.15, -0.1) is 0 Å². The predicted molar refractivity (Wildman–Crippen MR) is 78.1 cm³/mol. The molecule has 0 spiro atoms. The molecule has 1 aromatic heterocycles. The molecule has 6 heteroatoms. The zero-order valence-electron chi connectivity index (χ0n) is 11.5. The van der Waals surface area contributed by atoms with Crippen molar-refractivity contribution < 1.29 is 14.3 Å². The van der Waals surface area contributed by atoms with Gasteiger partial charge in [0.1, 0.15) is 11.6 Å². The van der Waals surface area contributed by atoms with Gasteiger partial charge in [-0.25, -0.2) is 4.98 Å². The maximum Gasteiger partial charge on any atom is 0.263 e. The van der Waals surface area contributed by atoms with Crippen LogP contribution >= 0.6 is 0 Å². The number of benzene rings is 1. The molecule has 1 heterocycles. The lowest BCUT2D eigenvalue weighted by atomic mass is 10.2.